The molecule has 0 radical (unpaired) electrons. The van der Waals surface area contributed by atoms with Crippen molar-refractivity contribution in [3.8, 4) is 5.75 Å². The second-order valence-corrected chi connectivity index (χ2v) is 9.44. The van der Waals surface area contributed by atoms with Crippen LogP contribution in [0.1, 0.15) is 43.7 Å². The summed E-state index contributed by atoms with van der Waals surface area (Å²) in [6.45, 7) is 3.36. The van der Waals surface area contributed by atoms with Gasteiger partial charge in [-0.25, -0.2) is 0 Å². The zero-order valence-corrected chi connectivity index (χ0v) is 17.3. The summed E-state index contributed by atoms with van der Waals surface area (Å²) >= 11 is 0. The van der Waals surface area contributed by atoms with E-state index in [1.54, 1.807) is 7.11 Å². The van der Waals surface area contributed by atoms with Gasteiger partial charge < -0.3 is 20.1 Å². The van der Waals surface area contributed by atoms with Crippen molar-refractivity contribution in [3.05, 3.63) is 29.8 Å². The van der Waals surface area contributed by atoms with Gasteiger partial charge >= 0.3 is 0 Å². The average molecular weight is 400 g/mol. The molecule has 4 aliphatic rings. The smallest absolute Gasteiger partial charge is 0.239 e. The zero-order chi connectivity index (χ0) is 20.0. The number of ether oxygens (including phenoxy) is 1. The van der Waals surface area contributed by atoms with E-state index in [4.69, 9.17) is 4.74 Å². The number of benzene rings is 1. The van der Waals surface area contributed by atoms with Crippen LogP contribution < -0.4 is 10.1 Å². The van der Waals surface area contributed by atoms with Crippen LogP contribution in [0.15, 0.2) is 24.3 Å². The number of aliphatic hydroxyl groups excluding tert-OH is 1. The van der Waals surface area contributed by atoms with Gasteiger partial charge in [-0.3, -0.25) is 9.69 Å². The van der Waals surface area contributed by atoms with Gasteiger partial charge in [0.15, 0.2) is 0 Å². The van der Waals surface area contributed by atoms with Gasteiger partial charge in [0.1, 0.15) is 5.75 Å². The van der Waals surface area contributed by atoms with Crippen molar-refractivity contribution in [1.29, 1.82) is 0 Å². The Labute approximate surface area is 173 Å². The average Bonchev–Trinajstić information content (AvgIpc) is 3.19. The number of aliphatic hydroxyl groups is 1. The number of carbonyl (C=O) groups is 1. The van der Waals surface area contributed by atoms with Crippen LogP contribution in [0.2, 0.25) is 0 Å². The molecule has 6 heteroatoms. The largest absolute Gasteiger partial charge is 0.497 e. The second kappa shape index (κ2) is 7.89. The lowest BCUT2D eigenvalue weighted by Gasteiger charge is -2.55. The number of rotatable bonds is 3. The summed E-state index contributed by atoms with van der Waals surface area (Å²) in [5.41, 5.74) is 1.40. The number of likely N-dealkylation sites (tertiary alicyclic amines) is 1. The van der Waals surface area contributed by atoms with Gasteiger partial charge in [-0.15, -0.1) is 0 Å². The Hall–Kier alpha value is -1.63. The van der Waals surface area contributed by atoms with E-state index in [1.807, 2.05) is 0 Å². The standard InChI is InChI=1S/C23H33N3O3/c1-29-19-7-5-16(6-8-19)21-3-2-4-22-17-9-15(13-26(21)22)12-25(14-17)23(28)20-10-18(27)11-24-20/h5-8,15,17-18,20-22,24,27H,2-4,9-14H2,1H3/t15-,17+,18+,20-,21+,22-/m0/s1. The highest BCUT2D eigenvalue weighted by Crippen LogP contribution is 2.44. The molecular formula is C23H33N3O3. The molecule has 0 aliphatic carbocycles. The predicted molar refractivity (Wildman–Crippen MR) is 111 cm³/mol. The molecule has 1 amide bonds. The Kier molecular flexibility index (Phi) is 5.26. The van der Waals surface area contributed by atoms with Crippen molar-refractivity contribution in [2.24, 2.45) is 11.8 Å². The molecule has 4 saturated heterocycles. The predicted octanol–water partition coefficient (Wildman–Crippen LogP) is 1.79. The van der Waals surface area contributed by atoms with Crippen LogP contribution in [0.4, 0.5) is 0 Å². The molecule has 0 aromatic heterocycles. The van der Waals surface area contributed by atoms with Crippen molar-refractivity contribution < 1.29 is 14.6 Å². The van der Waals surface area contributed by atoms with Gasteiger partial charge in [0.25, 0.3) is 0 Å². The molecule has 1 aromatic rings. The molecule has 6 nitrogen and oxygen atoms in total. The third kappa shape index (κ3) is 3.66. The number of piperidine rings is 3. The first kappa shape index (κ1) is 19.3. The third-order valence-electron chi connectivity index (χ3n) is 7.60. The summed E-state index contributed by atoms with van der Waals surface area (Å²) in [5, 5.41) is 13.0. The van der Waals surface area contributed by atoms with Crippen LogP contribution in [0.25, 0.3) is 0 Å². The lowest BCUT2D eigenvalue weighted by Crippen LogP contribution is -2.61. The normalized spacial score (nSPS) is 37.2. The number of carbonyl (C=O) groups excluding carboxylic acids is 1. The Morgan fingerprint density at radius 3 is 2.69 bits per heavy atom. The van der Waals surface area contributed by atoms with Gasteiger partial charge in [-0.2, -0.15) is 0 Å². The first-order valence-corrected chi connectivity index (χ1v) is 11.2. The quantitative estimate of drug-likeness (QED) is 0.811. The fourth-order valence-corrected chi connectivity index (χ4v) is 6.30. The summed E-state index contributed by atoms with van der Waals surface area (Å²) in [5.74, 6) is 2.24. The van der Waals surface area contributed by atoms with Gasteiger partial charge in [0.2, 0.25) is 5.91 Å². The molecule has 0 spiro atoms. The van der Waals surface area contributed by atoms with E-state index in [0.29, 0.717) is 36.9 Å². The summed E-state index contributed by atoms with van der Waals surface area (Å²) in [7, 11) is 1.71. The Morgan fingerprint density at radius 2 is 1.97 bits per heavy atom. The van der Waals surface area contributed by atoms with E-state index in [9.17, 15) is 9.90 Å². The number of hydrogen-bond donors (Lipinski definition) is 2. The van der Waals surface area contributed by atoms with Crippen molar-refractivity contribution >= 4 is 5.91 Å². The molecule has 2 bridgehead atoms. The van der Waals surface area contributed by atoms with Crippen molar-refractivity contribution in [2.75, 3.05) is 33.3 Å². The van der Waals surface area contributed by atoms with E-state index in [0.717, 1.165) is 25.4 Å². The number of nitrogens with zero attached hydrogens (tertiary/aromatic N) is 2. The molecule has 5 rings (SSSR count). The van der Waals surface area contributed by atoms with E-state index >= 15 is 0 Å². The molecule has 2 N–H and O–H groups in total. The van der Waals surface area contributed by atoms with E-state index < -0.39 is 0 Å². The Bertz CT molecular complexity index is 739. The SMILES string of the molecule is COc1ccc([C@H]2CCC[C@H]3[C@@H]4C[C@@H](CN(C(=O)[C@@H]5C[C@@H](O)CN5)C4)CN23)cc1. The fourth-order valence-electron chi connectivity index (χ4n) is 6.30. The van der Waals surface area contributed by atoms with E-state index in [1.165, 1.54) is 31.2 Å². The number of amides is 1. The summed E-state index contributed by atoms with van der Waals surface area (Å²) in [4.78, 5) is 17.9. The van der Waals surface area contributed by atoms with Gasteiger partial charge in [-0.05, 0) is 61.6 Å². The molecular weight excluding hydrogens is 366 g/mol. The number of nitrogens with one attached hydrogen (secondary N) is 1. The molecule has 29 heavy (non-hydrogen) atoms. The first-order chi connectivity index (χ1) is 14.1. The summed E-state index contributed by atoms with van der Waals surface area (Å²) in [6, 6.07) is 9.47. The summed E-state index contributed by atoms with van der Waals surface area (Å²) in [6.07, 6.45) is 5.14. The highest BCUT2D eigenvalue weighted by molar-refractivity contribution is 5.82. The lowest BCUT2D eigenvalue weighted by atomic mass is 9.73. The minimum absolute atomic E-state index is 0.196. The van der Waals surface area contributed by atoms with Crippen LogP contribution in [0.5, 0.6) is 5.75 Å². The minimum atomic E-state index is -0.382. The molecule has 0 unspecified atom stereocenters. The van der Waals surface area contributed by atoms with Crippen LogP contribution in [0, 0.1) is 11.8 Å². The molecule has 4 fully saturated rings. The molecule has 4 aliphatic heterocycles. The highest BCUT2D eigenvalue weighted by atomic mass is 16.5. The number of hydrogen-bond acceptors (Lipinski definition) is 5. The third-order valence-corrected chi connectivity index (χ3v) is 7.60. The fraction of sp³-hybridized carbons (Fsp3) is 0.696. The minimum Gasteiger partial charge on any atom is -0.497 e. The van der Waals surface area contributed by atoms with Crippen LogP contribution in [0.3, 0.4) is 0 Å². The molecule has 1 aromatic carbocycles. The van der Waals surface area contributed by atoms with Crippen LogP contribution in [-0.2, 0) is 4.79 Å². The molecule has 158 valence electrons. The molecule has 4 heterocycles. The van der Waals surface area contributed by atoms with E-state index in [2.05, 4.69) is 39.4 Å². The van der Waals surface area contributed by atoms with Crippen molar-refractivity contribution in [1.82, 2.24) is 15.1 Å². The Morgan fingerprint density at radius 1 is 1.14 bits per heavy atom. The summed E-state index contributed by atoms with van der Waals surface area (Å²) < 4.78 is 5.33. The van der Waals surface area contributed by atoms with Crippen molar-refractivity contribution in [2.45, 2.75) is 56.3 Å². The van der Waals surface area contributed by atoms with Gasteiger partial charge in [0, 0.05) is 38.3 Å². The topological polar surface area (TPSA) is 65.0 Å². The van der Waals surface area contributed by atoms with Gasteiger partial charge in [-0.1, -0.05) is 12.1 Å². The van der Waals surface area contributed by atoms with Crippen molar-refractivity contribution in [3.63, 3.8) is 0 Å². The Balaban J connectivity index is 1.30. The monoisotopic (exact) mass is 399 g/mol. The zero-order valence-electron chi connectivity index (χ0n) is 17.3. The maximum atomic E-state index is 13.0. The lowest BCUT2D eigenvalue weighted by molar-refractivity contribution is -0.141. The first-order valence-electron chi connectivity index (χ1n) is 11.2. The maximum Gasteiger partial charge on any atom is 0.239 e. The van der Waals surface area contributed by atoms with E-state index in [-0.39, 0.29) is 18.1 Å². The maximum absolute atomic E-state index is 13.0. The molecule has 6 atom stereocenters. The van der Waals surface area contributed by atoms with Crippen LogP contribution >= 0.6 is 0 Å². The number of fused-ring (bicyclic) bond motifs is 4. The number of β-amino-alcohol motifs (C(OH)–C–C–N with tert-alkyl or cyclic N) is 1. The highest BCUT2D eigenvalue weighted by Gasteiger charge is 2.46. The van der Waals surface area contributed by atoms with Gasteiger partial charge in [0.05, 0.1) is 19.3 Å². The molecule has 0 saturated carbocycles. The van der Waals surface area contributed by atoms with Crippen LogP contribution in [-0.4, -0.2) is 72.3 Å². The second-order valence-electron chi connectivity index (χ2n) is 9.44. The number of methoxy groups -OCH3 is 1.